The Kier molecular flexibility index (Phi) is 8.64. The van der Waals surface area contributed by atoms with Gasteiger partial charge in [-0.15, -0.1) is 10.2 Å². The SMILES string of the molecule is Cc1nnc(S[C@H](C[N+](=O)[O-])c2ccc(OCc3ccc(Cl)cc3Cl)c(Cl)c2)n1-c1ccc(Cl)cc1. The average Bonchev–Trinajstić information content (AvgIpc) is 3.19. The maximum atomic E-state index is 11.5. The fourth-order valence-electron chi connectivity index (χ4n) is 3.41. The number of nitrogens with zero attached hydrogens (tertiary/aromatic N) is 4. The summed E-state index contributed by atoms with van der Waals surface area (Å²) in [6, 6.07) is 17.4. The Morgan fingerprint density at radius 1 is 0.972 bits per heavy atom. The number of hydrogen-bond acceptors (Lipinski definition) is 6. The third-order valence-corrected chi connectivity index (χ3v) is 7.48. The largest absolute Gasteiger partial charge is 0.487 e. The Morgan fingerprint density at radius 2 is 1.69 bits per heavy atom. The second kappa shape index (κ2) is 11.7. The van der Waals surface area contributed by atoms with Crippen LogP contribution in [0.5, 0.6) is 5.75 Å². The minimum Gasteiger partial charge on any atom is -0.487 e. The van der Waals surface area contributed by atoms with Crippen LogP contribution in [0.25, 0.3) is 5.69 Å². The van der Waals surface area contributed by atoms with E-state index in [0.717, 1.165) is 11.3 Å². The number of benzene rings is 3. The maximum absolute atomic E-state index is 11.5. The summed E-state index contributed by atoms with van der Waals surface area (Å²) in [4.78, 5) is 11.1. The van der Waals surface area contributed by atoms with Gasteiger partial charge in [-0.25, -0.2) is 0 Å². The van der Waals surface area contributed by atoms with Crippen molar-refractivity contribution < 1.29 is 9.66 Å². The lowest BCUT2D eigenvalue weighted by molar-refractivity contribution is -0.479. The minimum atomic E-state index is -0.577. The van der Waals surface area contributed by atoms with Crippen LogP contribution < -0.4 is 4.74 Å². The molecule has 0 unspecified atom stereocenters. The van der Waals surface area contributed by atoms with Crippen LogP contribution in [-0.2, 0) is 6.61 Å². The molecule has 36 heavy (non-hydrogen) atoms. The van der Waals surface area contributed by atoms with Crippen LogP contribution in [-0.4, -0.2) is 26.2 Å². The monoisotopic (exact) mass is 582 g/mol. The van der Waals surface area contributed by atoms with Gasteiger partial charge in [-0.05, 0) is 61.0 Å². The van der Waals surface area contributed by atoms with Gasteiger partial charge in [-0.3, -0.25) is 14.7 Å². The Hall–Kier alpha value is -2.49. The first kappa shape index (κ1) is 26.6. The van der Waals surface area contributed by atoms with Gasteiger partial charge in [0, 0.05) is 31.2 Å². The van der Waals surface area contributed by atoms with Crippen LogP contribution in [0.1, 0.15) is 22.2 Å². The average molecular weight is 584 g/mol. The van der Waals surface area contributed by atoms with E-state index < -0.39 is 5.25 Å². The summed E-state index contributed by atoms with van der Waals surface area (Å²) in [6.45, 7) is 1.66. The maximum Gasteiger partial charge on any atom is 0.220 e. The lowest BCUT2D eigenvalue weighted by Crippen LogP contribution is -2.11. The molecule has 12 heteroatoms. The van der Waals surface area contributed by atoms with Crippen molar-refractivity contribution in [1.29, 1.82) is 0 Å². The molecule has 186 valence electrons. The Bertz CT molecular complexity index is 1400. The molecule has 4 rings (SSSR count). The summed E-state index contributed by atoms with van der Waals surface area (Å²) in [5.74, 6) is 1.07. The highest BCUT2D eigenvalue weighted by molar-refractivity contribution is 7.99. The van der Waals surface area contributed by atoms with Crippen molar-refractivity contribution in [3.05, 3.63) is 108 Å². The number of aryl methyl sites for hydroxylation is 1. The summed E-state index contributed by atoms with van der Waals surface area (Å²) >= 11 is 25.9. The van der Waals surface area contributed by atoms with Crippen LogP contribution in [0.4, 0.5) is 0 Å². The number of halogens is 4. The van der Waals surface area contributed by atoms with Crippen molar-refractivity contribution in [2.24, 2.45) is 0 Å². The number of ether oxygens (including phenoxy) is 1. The Balaban J connectivity index is 1.57. The van der Waals surface area contributed by atoms with E-state index in [1.807, 2.05) is 23.6 Å². The molecule has 0 spiro atoms. The molecule has 0 amide bonds. The fraction of sp³-hybridized carbons (Fsp3) is 0.167. The molecule has 1 heterocycles. The third-order valence-electron chi connectivity index (χ3n) is 5.17. The molecule has 7 nitrogen and oxygen atoms in total. The molecular formula is C24H18Cl4N4O3S. The van der Waals surface area contributed by atoms with Gasteiger partial charge in [0.15, 0.2) is 5.16 Å². The summed E-state index contributed by atoms with van der Waals surface area (Å²) in [5.41, 5.74) is 2.20. The van der Waals surface area contributed by atoms with Gasteiger partial charge in [0.05, 0.1) is 5.02 Å². The van der Waals surface area contributed by atoms with Crippen LogP contribution in [0, 0.1) is 17.0 Å². The van der Waals surface area contributed by atoms with Gasteiger partial charge in [0.25, 0.3) is 0 Å². The molecule has 0 bridgehead atoms. The van der Waals surface area contributed by atoms with Gasteiger partial charge in [-0.1, -0.05) is 70.3 Å². The number of hydrogen-bond donors (Lipinski definition) is 0. The van der Waals surface area contributed by atoms with E-state index in [2.05, 4.69) is 10.2 Å². The van der Waals surface area contributed by atoms with Gasteiger partial charge in [-0.2, -0.15) is 0 Å². The highest BCUT2D eigenvalue weighted by Gasteiger charge is 2.24. The number of thioether (sulfide) groups is 1. The zero-order valence-electron chi connectivity index (χ0n) is 18.7. The smallest absolute Gasteiger partial charge is 0.220 e. The van der Waals surface area contributed by atoms with Crippen molar-refractivity contribution in [1.82, 2.24) is 14.8 Å². The topological polar surface area (TPSA) is 83.1 Å². The predicted octanol–water partition coefficient (Wildman–Crippen LogP) is 7.88. The van der Waals surface area contributed by atoms with E-state index in [4.69, 9.17) is 51.1 Å². The molecular weight excluding hydrogens is 566 g/mol. The molecule has 0 N–H and O–H groups in total. The molecule has 0 saturated heterocycles. The Morgan fingerprint density at radius 3 is 2.36 bits per heavy atom. The lowest BCUT2D eigenvalue weighted by Gasteiger charge is -2.16. The van der Waals surface area contributed by atoms with Crippen molar-refractivity contribution >= 4 is 58.2 Å². The summed E-state index contributed by atoms with van der Waals surface area (Å²) in [6.07, 6.45) is 0. The summed E-state index contributed by atoms with van der Waals surface area (Å²) in [5, 5.41) is 21.8. The minimum absolute atomic E-state index is 0.186. The van der Waals surface area contributed by atoms with E-state index in [1.165, 1.54) is 11.8 Å². The fourth-order valence-corrected chi connectivity index (χ4v) is 5.41. The summed E-state index contributed by atoms with van der Waals surface area (Å²) < 4.78 is 7.65. The van der Waals surface area contributed by atoms with Crippen molar-refractivity contribution in [3.63, 3.8) is 0 Å². The summed E-state index contributed by atoms with van der Waals surface area (Å²) in [7, 11) is 0. The molecule has 0 aliphatic carbocycles. The van der Waals surface area contributed by atoms with Crippen LogP contribution >= 0.6 is 58.2 Å². The Labute approximate surface area is 231 Å². The third kappa shape index (κ3) is 6.44. The lowest BCUT2D eigenvalue weighted by atomic mass is 10.1. The molecule has 0 saturated carbocycles. The highest BCUT2D eigenvalue weighted by atomic mass is 35.5. The van der Waals surface area contributed by atoms with Gasteiger partial charge < -0.3 is 4.74 Å². The van der Waals surface area contributed by atoms with Crippen molar-refractivity contribution in [2.75, 3.05) is 6.54 Å². The number of aromatic nitrogens is 3. The molecule has 1 aromatic heterocycles. The standard InChI is InChI=1S/C24H18Cl4N4O3S/c1-14-29-30-24(32(14)19-7-5-17(25)6-8-19)36-23(12-31(33)34)15-3-9-22(21(28)10-15)35-13-16-2-4-18(26)11-20(16)27/h2-11,23H,12-13H2,1H3/t23-/m1/s1. The van der Waals surface area contributed by atoms with Gasteiger partial charge >= 0.3 is 0 Å². The first-order valence-electron chi connectivity index (χ1n) is 10.5. The first-order valence-corrected chi connectivity index (χ1v) is 12.9. The number of rotatable bonds is 9. The van der Waals surface area contributed by atoms with E-state index in [9.17, 15) is 10.1 Å². The van der Waals surface area contributed by atoms with E-state index in [-0.39, 0.29) is 18.1 Å². The van der Waals surface area contributed by atoms with E-state index in [1.54, 1.807) is 48.5 Å². The van der Waals surface area contributed by atoms with Crippen LogP contribution in [0.15, 0.2) is 65.8 Å². The first-order chi connectivity index (χ1) is 17.2. The van der Waals surface area contributed by atoms with E-state index >= 15 is 0 Å². The molecule has 0 radical (unpaired) electrons. The predicted molar refractivity (Wildman–Crippen MR) is 144 cm³/mol. The van der Waals surface area contributed by atoms with Crippen molar-refractivity contribution in [2.45, 2.75) is 23.9 Å². The van der Waals surface area contributed by atoms with Crippen LogP contribution in [0.3, 0.4) is 0 Å². The molecule has 1 atom stereocenters. The van der Waals surface area contributed by atoms with Gasteiger partial charge in [0.2, 0.25) is 6.54 Å². The van der Waals surface area contributed by atoms with Crippen molar-refractivity contribution in [3.8, 4) is 11.4 Å². The van der Waals surface area contributed by atoms with Gasteiger partial charge in [0.1, 0.15) is 23.4 Å². The normalized spacial score (nSPS) is 11.9. The molecule has 3 aromatic carbocycles. The molecule has 0 fully saturated rings. The number of nitro groups is 1. The molecule has 4 aromatic rings. The quantitative estimate of drug-likeness (QED) is 0.113. The second-order valence-corrected chi connectivity index (χ2v) is 10.5. The van der Waals surface area contributed by atoms with Crippen LogP contribution in [0.2, 0.25) is 20.1 Å². The highest BCUT2D eigenvalue weighted by Crippen LogP contribution is 2.39. The second-order valence-electron chi connectivity index (χ2n) is 7.68. The van der Waals surface area contributed by atoms with E-state index in [0.29, 0.717) is 42.4 Å². The zero-order chi connectivity index (χ0) is 25.8. The molecule has 0 aliphatic rings. The molecule has 0 aliphatic heterocycles. The zero-order valence-corrected chi connectivity index (χ0v) is 22.5.